The standard InChI is InChI=1S/C18H25F2N3O2/c1-11(15-9-8-13(19)10-16(15)20)21-12(2)17(24)23-18(25)22-14-6-4-3-5-7-14/h8-12,14,21H,3-7H2,1-2H3,(H2,22,23,24,25)/t11-,12-/m1/s1. The van der Waals surface area contributed by atoms with Gasteiger partial charge in [0.2, 0.25) is 5.91 Å². The van der Waals surface area contributed by atoms with E-state index < -0.39 is 35.7 Å². The average Bonchev–Trinajstić information content (AvgIpc) is 2.55. The van der Waals surface area contributed by atoms with E-state index in [9.17, 15) is 18.4 Å². The molecule has 0 aromatic heterocycles. The molecule has 0 unspecified atom stereocenters. The Kier molecular flexibility index (Phi) is 6.87. The van der Waals surface area contributed by atoms with Crippen LogP contribution < -0.4 is 16.0 Å². The number of hydrogen-bond donors (Lipinski definition) is 3. The Bertz CT molecular complexity index is 618. The van der Waals surface area contributed by atoms with Crippen LogP contribution in [-0.4, -0.2) is 24.0 Å². The minimum absolute atomic E-state index is 0.108. The zero-order chi connectivity index (χ0) is 18.4. The molecule has 1 fully saturated rings. The number of imide groups is 1. The van der Waals surface area contributed by atoms with E-state index in [0.717, 1.165) is 31.7 Å². The molecule has 0 bridgehead atoms. The molecule has 1 aliphatic carbocycles. The molecule has 5 nitrogen and oxygen atoms in total. The summed E-state index contributed by atoms with van der Waals surface area (Å²) in [6.07, 6.45) is 5.19. The molecule has 2 atom stereocenters. The van der Waals surface area contributed by atoms with Gasteiger partial charge in [-0.05, 0) is 32.8 Å². The number of benzene rings is 1. The number of nitrogens with one attached hydrogen (secondary N) is 3. The summed E-state index contributed by atoms with van der Waals surface area (Å²) in [4.78, 5) is 24.0. The monoisotopic (exact) mass is 353 g/mol. The summed E-state index contributed by atoms with van der Waals surface area (Å²) in [6, 6.07) is 1.68. The summed E-state index contributed by atoms with van der Waals surface area (Å²) in [5.41, 5.74) is 0.257. The lowest BCUT2D eigenvalue weighted by atomic mass is 9.96. The van der Waals surface area contributed by atoms with Crippen molar-refractivity contribution >= 4 is 11.9 Å². The van der Waals surface area contributed by atoms with E-state index in [1.807, 2.05) is 0 Å². The maximum atomic E-state index is 13.8. The van der Waals surface area contributed by atoms with E-state index in [0.29, 0.717) is 0 Å². The van der Waals surface area contributed by atoms with Gasteiger partial charge in [0.25, 0.3) is 0 Å². The third-order valence-corrected chi connectivity index (χ3v) is 4.50. The molecule has 3 N–H and O–H groups in total. The second kappa shape index (κ2) is 8.89. The van der Waals surface area contributed by atoms with E-state index in [4.69, 9.17) is 0 Å². The van der Waals surface area contributed by atoms with E-state index >= 15 is 0 Å². The van der Waals surface area contributed by atoms with Crippen LogP contribution in [0, 0.1) is 11.6 Å². The molecule has 3 amide bonds. The SMILES string of the molecule is C[C@@H](N[C@H](C)c1ccc(F)cc1F)C(=O)NC(=O)NC1CCCCC1. The Labute approximate surface area is 146 Å². The van der Waals surface area contributed by atoms with Crippen LogP contribution in [-0.2, 0) is 4.79 Å². The first-order valence-corrected chi connectivity index (χ1v) is 8.69. The van der Waals surface area contributed by atoms with Gasteiger partial charge in [-0.1, -0.05) is 25.3 Å². The molecule has 0 radical (unpaired) electrons. The summed E-state index contributed by atoms with van der Waals surface area (Å²) in [5.74, 6) is -1.83. The van der Waals surface area contributed by atoms with Crippen molar-refractivity contribution in [3.8, 4) is 0 Å². The highest BCUT2D eigenvalue weighted by Gasteiger charge is 2.22. The number of urea groups is 1. The number of rotatable bonds is 5. The van der Waals surface area contributed by atoms with Crippen molar-refractivity contribution in [1.29, 1.82) is 0 Å². The van der Waals surface area contributed by atoms with Crippen molar-refractivity contribution in [3.63, 3.8) is 0 Å². The molecule has 0 spiro atoms. The van der Waals surface area contributed by atoms with Crippen LogP contribution in [0.25, 0.3) is 0 Å². The van der Waals surface area contributed by atoms with E-state index in [-0.39, 0.29) is 11.6 Å². The first-order valence-electron chi connectivity index (χ1n) is 8.69. The van der Waals surface area contributed by atoms with Crippen molar-refractivity contribution in [2.24, 2.45) is 0 Å². The Morgan fingerprint density at radius 3 is 2.44 bits per heavy atom. The molecule has 0 aliphatic heterocycles. The molecule has 7 heteroatoms. The highest BCUT2D eigenvalue weighted by Crippen LogP contribution is 2.18. The van der Waals surface area contributed by atoms with Crippen molar-refractivity contribution in [3.05, 3.63) is 35.4 Å². The Balaban J connectivity index is 1.83. The minimum Gasteiger partial charge on any atom is -0.335 e. The average molecular weight is 353 g/mol. The van der Waals surface area contributed by atoms with E-state index in [1.54, 1.807) is 13.8 Å². The summed E-state index contributed by atoms with van der Waals surface area (Å²) in [7, 11) is 0. The van der Waals surface area contributed by atoms with Crippen LogP contribution in [0.15, 0.2) is 18.2 Å². The smallest absolute Gasteiger partial charge is 0.321 e. The second-order valence-electron chi connectivity index (χ2n) is 6.57. The van der Waals surface area contributed by atoms with Crippen molar-refractivity contribution in [2.45, 2.75) is 64.1 Å². The Morgan fingerprint density at radius 1 is 1.12 bits per heavy atom. The summed E-state index contributed by atoms with van der Waals surface area (Å²) >= 11 is 0. The predicted molar refractivity (Wildman–Crippen MR) is 90.9 cm³/mol. The van der Waals surface area contributed by atoms with Gasteiger partial charge in [0, 0.05) is 23.7 Å². The fraction of sp³-hybridized carbons (Fsp3) is 0.556. The molecule has 1 aromatic carbocycles. The highest BCUT2D eigenvalue weighted by molar-refractivity contribution is 5.96. The molecule has 0 heterocycles. The summed E-state index contributed by atoms with van der Waals surface area (Å²) in [5, 5.41) is 8.02. The van der Waals surface area contributed by atoms with E-state index in [1.165, 1.54) is 18.6 Å². The number of carbonyl (C=O) groups is 2. The van der Waals surface area contributed by atoms with Gasteiger partial charge in [0.05, 0.1) is 6.04 Å². The Morgan fingerprint density at radius 2 is 1.80 bits per heavy atom. The van der Waals surface area contributed by atoms with Gasteiger partial charge in [-0.3, -0.25) is 15.4 Å². The topological polar surface area (TPSA) is 70.2 Å². The van der Waals surface area contributed by atoms with Gasteiger partial charge in [-0.2, -0.15) is 0 Å². The van der Waals surface area contributed by atoms with Crippen LogP contribution in [0.2, 0.25) is 0 Å². The lowest BCUT2D eigenvalue weighted by molar-refractivity contribution is -0.121. The maximum absolute atomic E-state index is 13.8. The molecule has 1 saturated carbocycles. The normalized spacial score (nSPS) is 17.6. The molecule has 138 valence electrons. The molecule has 1 aromatic rings. The number of carbonyl (C=O) groups excluding carboxylic acids is 2. The molecule has 0 saturated heterocycles. The number of amides is 3. The highest BCUT2D eigenvalue weighted by atomic mass is 19.1. The summed E-state index contributed by atoms with van der Waals surface area (Å²) < 4.78 is 26.7. The molecule has 2 rings (SSSR count). The molecule has 1 aliphatic rings. The maximum Gasteiger partial charge on any atom is 0.321 e. The van der Waals surface area contributed by atoms with Gasteiger partial charge in [0.15, 0.2) is 0 Å². The Hall–Kier alpha value is -2.02. The fourth-order valence-corrected chi connectivity index (χ4v) is 3.08. The lowest BCUT2D eigenvalue weighted by Crippen LogP contribution is -2.50. The number of halogens is 2. The molecular weight excluding hydrogens is 328 g/mol. The lowest BCUT2D eigenvalue weighted by Gasteiger charge is -2.24. The third-order valence-electron chi connectivity index (χ3n) is 4.50. The quantitative estimate of drug-likeness (QED) is 0.761. The second-order valence-corrected chi connectivity index (χ2v) is 6.57. The zero-order valence-electron chi connectivity index (χ0n) is 14.6. The van der Waals surface area contributed by atoms with Crippen LogP contribution in [0.5, 0.6) is 0 Å². The minimum atomic E-state index is -0.712. The van der Waals surface area contributed by atoms with E-state index in [2.05, 4.69) is 16.0 Å². The molecule has 25 heavy (non-hydrogen) atoms. The van der Waals surface area contributed by atoms with Crippen LogP contribution >= 0.6 is 0 Å². The van der Waals surface area contributed by atoms with Gasteiger partial charge in [-0.15, -0.1) is 0 Å². The van der Waals surface area contributed by atoms with Crippen LogP contribution in [0.1, 0.15) is 57.6 Å². The summed E-state index contributed by atoms with van der Waals surface area (Å²) in [6.45, 7) is 3.25. The van der Waals surface area contributed by atoms with Crippen molar-refractivity contribution in [2.75, 3.05) is 0 Å². The van der Waals surface area contributed by atoms with Gasteiger partial charge in [0.1, 0.15) is 11.6 Å². The van der Waals surface area contributed by atoms with Crippen molar-refractivity contribution < 1.29 is 18.4 Å². The molecular formula is C18H25F2N3O2. The van der Waals surface area contributed by atoms with Gasteiger partial charge in [-0.25, -0.2) is 13.6 Å². The largest absolute Gasteiger partial charge is 0.335 e. The van der Waals surface area contributed by atoms with Crippen molar-refractivity contribution in [1.82, 2.24) is 16.0 Å². The fourth-order valence-electron chi connectivity index (χ4n) is 3.08. The third kappa shape index (κ3) is 5.77. The zero-order valence-corrected chi connectivity index (χ0v) is 14.6. The predicted octanol–water partition coefficient (Wildman–Crippen LogP) is 3.16. The van der Waals surface area contributed by atoms with Gasteiger partial charge < -0.3 is 5.32 Å². The first kappa shape index (κ1) is 19.3. The number of hydrogen-bond acceptors (Lipinski definition) is 3. The van der Waals surface area contributed by atoms with Crippen LogP contribution in [0.4, 0.5) is 13.6 Å². The van der Waals surface area contributed by atoms with Gasteiger partial charge >= 0.3 is 6.03 Å². The van der Waals surface area contributed by atoms with Crippen LogP contribution in [0.3, 0.4) is 0 Å². The first-order chi connectivity index (χ1) is 11.9.